The summed E-state index contributed by atoms with van der Waals surface area (Å²) in [5, 5.41) is 2.85. The van der Waals surface area contributed by atoms with Crippen molar-refractivity contribution in [1.29, 1.82) is 0 Å². The highest BCUT2D eigenvalue weighted by Gasteiger charge is 2.26. The number of amides is 1. The molecular weight excluding hydrogens is 220 g/mol. The standard InChI is InChI=1S/C12H24N2O3/c1-12(2,3)17-11(15)14-10(8-13)9-4-6-16-7-5-9/h9-10H,4-8,13H2,1-3H3,(H,14,15). The van der Waals surface area contributed by atoms with Gasteiger partial charge < -0.3 is 20.5 Å². The van der Waals surface area contributed by atoms with Crippen molar-refractivity contribution in [2.45, 2.75) is 45.3 Å². The first-order valence-corrected chi connectivity index (χ1v) is 6.19. The fourth-order valence-electron chi connectivity index (χ4n) is 1.95. The molecule has 5 heteroatoms. The van der Waals surface area contributed by atoms with E-state index in [0.29, 0.717) is 12.5 Å². The minimum absolute atomic E-state index is 0.0197. The molecule has 0 spiro atoms. The van der Waals surface area contributed by atoms with Gasteiger partial charge in [-0.05, 0) is 39.5 Å². The number of hydrogen-bond donors (Lipinski definition) is 2. The number of rotatable bonds is 3. The summed E-state index contributed by atoms with van der Waals surface area (Å²) >= 11 is 0. The van der Waals surface area contributed by atoms with Gasteiger partial charge in [-0.3, -0.25) is 0 Å². The molecule has 0 aromatic heterocycles. The van der Waals surface area contributed by atoms with Crippen molar-refractivity contribution in [2.75, 3.05) is 19.8 Å². The molecule has 1 unspecified atom stereocenters. The Morgan fingerprint density at radius 2 is 2.06 bits per heavy atom. The molecule has 0 radical (unpaired) electrons. The summed E-state index contributed by atoms with van der Waals surface area (Å²) in [6.07, 6.45) is 1.49. The van der Waals surface area contributed by atoms with E-state index in [1.807, 2.05) is 20.8 Å². The van der Waals surface area contributed by atoms with Gasteiger partial charge in [0.05, 0.1) is 0 Å². The van der Waals surface area contributed by atoms with Gasteiger partial charge in [-0.15, -0.1) is 0 Å². The Morgan fingerprint density at radius 1 is 1.47 bits per heavy atom. The molecule has 1 heterocycles. The lowest BCUT2D eigenvalue weighted by atomic mass is 9.92. The van der Waals surface area contributed by atoms with Crippen LogP contribution in [-0.2, 0) is 9.47 Å². The topological polar surface area (TPSA) is 73.6 Å². The lowest BCUT2D eigenvalue weighted by Gasteiger charge is -2.31. The van der Waals surface area contributed by atoms with E-state index < -0.39 is 5.60 Å². The molecule has 0 saturated carbocycles. The summed E-state index contributed by atoms with van der Waals surface area (Å²) in [6.45, 7) is 7.47. The minimum atomic E-state index is -0.473. The predicted octanol–water partition coefficient (Wildman–Crippen LogP) is 1.27. The van der Waals surface area contributed by atoms with Crippen molar-refractivity contribution in [2.24, 2.45) is 11.7 Å². The molecule has 0 aromatic carbocycles. The minimum Gasteiger partial charge on any atom is -0.444 e. The Morgan fingerprint density at radius 3 is 2.53 bits per heavy atom. The molecule has 5 nitrogen and oxygen atoms in total. The Bertz CT molecular complexity index is 245. The van der Waals surface area contributed by atoms with E-state index in [1.165, 1.54) is 0 Å². The monoisotopic (exact) mass is 244 g/mol. The van der Waals surface area contributed by atoms with Crippen molar-refractivity contribution in [1.82, 2.24) is 5.32 Å². The maximum absolute atomic E-state index is 11.7. The highest BCUT2D eigenvalue weighted by molar-refractivity contribution is 5.68. The Balaban J connectivity index is 2.42. The van der Waals surface area contributed by atoms with Crippen LogP contribution in [0.15, 0.2) is 0 Å². The van der Waals surface area contributed by atoms with Crippen LogP contribution in [0.1, 0.15) is 33.6 Å². The van der Waals surface area contributed by atoms with Crippen molar-refractivity contribution >= 4 is 6.09 Å². The van der Waals surface area contributed by atoms with E-state index in [2.05, 4.69) is 5.32 Å². The number of carbonyl (C=O) groups is 1. The second-order valence-electron chi connectivity index (χ2n) is 5.44. The molecule has 1 rings (SSSR count). The third-order valence-electron chi connectivity index (χ3n) is 2.79. The van der Waals surface area contributed by atoms with E-state index in [0.717, 1.165) is 26.1 Å². The van der Waals surface area contributed by atoms with Gasteiger partial charge in [-0.1, -0.05) is 0 Å². The second kappa shape index (κ2) is 6.21. The molecule has 3 N–H and O–H groups in total. The van der Waals surface area contributed by atoms with Crippen LogP contribution in [-0.4, -0.2) is 37.5 Å². The molecule has 0 aromatic rings. The number of ether oxygens (including phenoxy) is 2. The quantitative estimate of drug-likeness (QED) is 0.784. The number of hydrogen-bond acceptors (Lipinski definition) is 4. The summed E-state index contributed by atoms with van der Waals surface area (Å²) in [6, 6.07) is -0.0197. The molecule has 1 atom stereocenters. The molecule has 1 aliphatic heterocycles. The third-order valence-corrected chi connectivity index (χ3v) is 2.79. The lowest BCUT2D eigenvalue weighted by molar-refractivity contribution is 0.0360. The summed E-state index contributed by atoms with van der Waals surface area (Å²) in [4.78, 5) is 11.7. The van der Waals surface area contributed by atoms with Crippen LogP contribution < -0.4 is 11.1 Å². The number of nitrogens with two attached hydrogens (primary N) is 1. The fourth-order valence-corrected chi connectivity index (χ4v) is 1.95. The van der Waals surface area contributed by atoms with Gasteiger partial charge in [0.1, 0.15) is 5.60 Å². The zero-order valence-corrected chi connectivity index (χ0v) is 11.0. The molecular formula is C12H24N2O3. The maximum atomic E-state index is 11.7. The van der Waals surface area contributed by atoms with Gasteiger partial charge in [0.15, 0.2) is 0 Å². The average Bonchev–Trinajstić information content (AvgIpc) is 2.24. The third kappa shape index (κ3) is 5.37. The lowest BCUT2D eigenvalue weighted by Crippen LogP contribution is -2.48. The van der Waals surface area contributed by atoms with Crippen molar-refractivity contribution in [3.63, 3.8) is 0 Å². The predicted molar refractivity (Wildman–Crippen MR) is 65.8 cm³/mol. The second-order valence-corrected chi connectivity index (χ2v) is 5.44. The normalized spacial score (nSPS) is 19.8. The van der Waals surface area contributed by atoms with Crippen LogP contribution in [0, 0.1) is 5.92 Å². The van der Waals surface area contributed by atoms with Gasteiger partial charge in [0, 0.05) is 25.8 Å². The van der Waals surface area contributed by atoms with E-state index in [-0.39, 0.29) is 12.1 Å². The van der Waals surface area contributed by atoms with Crippen molar-refractivity contribution < 1.29 is 14.3 Å². The smallest absolute Gasteiger partial charge is 0.407 e. The zero-order chi connectivity index (χ0) is 12.9. The summed E-state index contributed by atoms with van der Waals surface area (Å²) in [5.74, 6) is 0.390. The van der Waals surface area contributed by atoms with Gasteiger partial charge >= 0.3 is 6.09 Å². The van der Waals surface area contributed by atoms with E-state index in [4.69, 9.17) is 15.2 Å². The van der Waals surface area contributed by atoms with Crippen LogP contribution in [0.4, 0.5) is 4.79 Å². The number of carbonyl (C=O) groups excluding carboxylic acids is 1. The summed E-state index contributed by atoms with van der Waals surface area (Å²) in [5.41, 5.74) is 5.23. The van der Waals surface area contributed by atoms with Gasteiger partial charge in [0.2, 0.25) is 0 Å². The van der Waals surface area contributed by atoms with Gasteiger partial charge in [0.25, 0.3) is 0 Å². The Hall–Kier alpha value is -0.810. The maximum Gasteiger partial charge on any atom is 0.407 e. The van der Waals surface area contributed by atoms with Crippen LogP contribution in [0.5, 0.6) is 0 Å². The molecule has 1 saturated heterocycles. The fraction of sp³-hybridized carbons (Fsp3) is 0.917. The molecule has 1 fully saturated rings. The molecule has 1 amide bonds. The van der Waals surface area contributed by atoms with Gasteiger partial charge in [-0.2, -0.15) is 0 Å². The zero-order valence-electron chi connectivity index (χ0n) is 11.0. The van der Waals surface area contributed by atoms with Crippen molar-refractivity contribution in [3.8, 4) is 0 Å². The largest absolute Gasteiger partial charge is 0.444 e. The number of nitrogens with one attached hydrogen (secondary N) is 1. The first-order valence-electron chi connectivity index (χ1n) is 6.19. The van der Waals surface area contributed by atoms with Crippen LogP contribution in [0.25, 0.3) is 0 Å². The van der Waals surface area contributed by atoms with Gasteiger partial charge in [-0.25, -0.2) is 4.79 Å². The molecule has 1 aliphatic rings. The van der Waals surface area contributed by atoms with E-state index >= 15 is 0 Å². The first-order chi connectivity index (χ1) is 7.92. The summed E-state index contributed by atoms with van der Waals surface area (Å²) < 4.78 is 10.5. The van der Waals surface area contributed by atoms with Crippen molar-refractivity contribution in [3.05, 3.63) is 0 Å². The van der Waals surface area contributed by atoms with E-state index in [1.54, 1.807) is 0 Å². The molecule has 100 valence electrons. The number of alkyl carbamates (subject to hydrolysis) is 1. The van der Waals surface area contributed by atoms with E-state index in [9.17, 15) is 4.79 Å². The van der Waals surface area contributed by atoms with Crippen LogP contribution >= 0.6 is 0 Å². The summed E-state index contributed by atoms with van der Waals surface area (Å²) in [7, 11) is 0. The first kappa shape index (κ1) is 14.3. The molecule has 0 bridgehead atoms. The SMILES string of the molecule is CC(C)(C)OC(=O)NC(CN)C1CCOCC1. The van der Waals surface area contributed by atoms with Crippen LogP contribution in [0.3, 0.4) is 0 Å². The average molecular weight is 244 g/mol. The van der Waals surface area contributed by atoms with Crippen LogP contribution in [0.2, 0.25) is 0 Å². The molecule has 0 aliphatic carbocycles. The Labute approximate surface area is 103 Å². The Kier molecular flexibility index (Phi) is 5.21. The highest BCUT2D eigenvalue weighted by Crippen LogP contribution is 2.18. The molecule has 17 heavy (non-hydrogen) atoms. The highest BCUT2D eigenvalue weighted by atomic mass is 16.6.